The predicted octanol–water partition coefficient (Wildman–Crippen LogP) is 2.76. The number of nitrogens with one attached hydrogen (secondary N) is 2. The highest BCUT2D eigenvalue weighted by Gasteiger charge is 2.01. The Morgan fingerprint density at radius 1 is 1.27 bits per heavy atom. The van der Waals surface area contributed by atoms with Crippen LogP contribution in [0.15, 0.2) is 23.2 Å². The minimum atomic E-state index is -0.171. The van der Waals surface area contributed by atoms with Crippen LogP contribution in [0.4, 0.5) is 4.39 Å². The zero-order valence-corrected chi connectivity index (χ0v) is 16.3. The lowest BCUT2D eigenvalue weighted by molar-refractivity contribution is 0.357. The molecule has 4 nitrogen and oxygen atoms in total. The van der Waals surface area contributed by atoms with E-state index in [4.69, 9.17) is 0 Å². The van der Waals surface area contributed by atoms with Gasteiger partial charge in [-0.1, -0.05) is 19.1 Å². The van der Waals surface area contributed by atoms with Crippen molar-refractivity contribution in [2.24, 2.45) is 4.99 Å². The first-order chi connectivity index (χ1) is 10.1. The van der Waals surface area contributed by atoms with E-state index in [1.54, 1.807) is 13.0 Å². The summed E-state index contributed by atoms with van der Waals surface area (Å²) in [5.74, 6) is 0.624. The Bertz CT molecular complexity index is 465. The number of aliphatic imine (C=N–C) groups is 1. The molecule has 6 heteroatoms. The van der Waals surface area contributed by atoms with Crippen LogP contribution < -0.4 is 10.6 Å². The Morgan fingerprint density at radius 3 is 2.59 bits per heavy atom. The molecule has 0 spiro atoms. The number of rotatable bonds is 7. The Balaban J connectivity index is 0.00000441. The maximum absolute atomic E-state index is 13.2. The molecule has 0 fully saturated rings. The molecule has 0 saturated carbocycles. The molecule has 0 aliphatic carbocycles. The molecule has 1 rings (SSSR count). The van der Waals surface area contributed by atoms with Crippen molar-refractivity contribution in [3.05, 3.63) is 35.1 Å². The van der Waals surface area contributed by atoms with Crippen LogP contribution in [0.2, 0.25) is 0 Å². The number of nitrogens with zero attached hydrogens (tertiary/aromatic N) is 2. The molecule has 22 heavy (non-hydrogen) atoms. The highest BCUT2D eigenvalue weighted by atomic mass is 127. The molecule has 0 aliphatic rings. The SMILES string of the molecule is CCNC(=NCc1ccc(F)c(C)c1)NCCN(C)CC.I. The van der Waals surface area contributed by atoms with Crippen molar-refractivity contribution in [2.75, 3.05) is 33.2 Å². The highest BCUT2D eigenvalue weighted by Crippen LogP contribution is 2.09. The van der Waals surface area contributed by atoms with Gasteiger partial charge >= 0.3 is 0 Å². The Labute approximate surface area is 150 Å². The average molecular weight is 422 g/mol. The van der Waals surface area contributed by atoms with Gasteiger partial charge in [0.2, 0.25) is 0 Å². The molecule has 0 saturated heterocycles. The number of guanidine groups is 1. The van der Waals surface area contributed by atoms with Crippen LogP contribution >= 0.6 is 24.0 Å². The van der Waals surface area contributed by atoms with Crippen LogP contribution in [-0.4, -0.2) is 44.1 Å². The van der Waals surface area contributed by atoms with E-state index in [9.17, 15) is 4.39 Å². The Hall–Kier alpha value is -0.890. The summed E-state index contributed by atoms with van der Waals surface area (Å²) in [5, 5.41) is 6.52. The molecule has 126 valence electrons. The van der Waals surface area contributed by atoms with Crippen molar-refractivity contribution >= 4 is 29.9 Å². The fourth-order valence-electron chi connectivity index (χ4n) is 1.84. The number of halogens is 2. The second kappa shape index (κ2) is 11.6. The molecular formula is C16H28FIN4. The van der Waals surface area contributed by atoms with Crippen LogP contribution in [0.25, 0.3) is 0 Å². The Morgan fingerprint density at radius 2 is 2.00 bits per heavy atom. The fraction of sp³-hybridized carbons (Fsp3) is 0.562. The van der Waals surface area contributed by atoms with Gasteiger partial charge in [0.15, 0.2) is 5.96 Å². The van der Waals surface area contributed by atoms with Crippen LogP contribution in [0.5, 0.6) is 0 Å². The van der Waals surface area contributed by atoms with Crippen LogP contribution in [0.1, 0.15) is 25.0 Å². The van der Waals surface area contributed by atoms with Gasteiger partial charge in [-0.05, 0) is 44.6 Å². The summed E-state index contributed by atoms with van der Waals surface area (Å²) < 4.78 is 13.2. The van der Waals surface area contributed by atoms with E-state index in [0.29, 0.717) is 12.1 Å². The number of hydrogen-bond acceptors (Lipinski definition) is 2. The minimum Gasteiger partial charge on any atom is -0.357 e. The average Bonchev–Trinajstić information content (AvgIpc) is 2.48. The molecule has 2 N–H and O–H groups in total. The van der Waals surface area contributed by atoms with E-state index in [2.05, 4.69) is 34.5 Å². The van der Waals surface area contributed by atoms with Gasteiger partial charge in [0.1, 0.15) is 5.82 Å². The molecule has 0 aromatic heterocycles. The summed E-state index contributed by atoms with van der Waals surface area (Å²) >= 11 is 0. The van der Waals surface area contributed by atoms with Crippen molar-refractivity contribution in [2.45, 2.75) is 27.3 Å². The molecule has 0 amide bonds. The normalized spacial score (nSPS) is 11.3. The zero-order chi connectivity index (χ0) is 15.7. The second-order valence-corrected chi connectivity index (χ2v) is 5.10. The molecule has 0 radical (unpaired) electrons. The first-order valence-corrected chi connectivity index (χ1v) is 7.52. The minimum absolute atomic E-state index is 0. The summed E-state index contributed by atoms with van der Waals surface area (Å²) in [4.78, 5) is 6.77. The molecule has 0 bridgehead atoms. The zero-order valence-electron chi connectivity index (χ0n) is 13.9. The third-order valence-electron chi connectivity index (χ3n) is 3.31. The summed E-state index contributed by atoms with van der Waals surface area (Å²) in [6.07, 6.45) is 0. The first-order valence-electron chi connectivity index (χ1n) is 7.52. The van der Waals surface area contributed by atoms with E-state index in [0.717, 1.165) is 37.7 Å². The molecule has 0 unspecified atom stereocenters. The van der Waals surface area contributed by atoms with Crippen molar-refractivity contribution in [3.63, 3.8) is 0 Å². The fourth-order valence-corrected chi connectivity index (χ4v) is 1.84. The van der Waals surface area contributed by atoms with E-state index in [1.807, 2.05) is 13.0 Å². The van der Waals surface area contributed by atoms with Gasteiger partial charge in [-0.2, -0.15) is 0 Å². The first kappa shape index (κ1) is 21.1. The maximum atomic E-state index is 13.2. The molecular weight excluding hydrogens is 394 g/mol. The van der Waals surface area contributed by atoms with E-state index in [1.165, 1.54) is 6.07 Å². The topological polar surface area (TPSA) is 39.7 Å². The third-order valence-corrected chi connectivity index (χ3v) is 3.31. The lowest BCUT2D eigenvalue weighted by Gasteiger charge is -2.16. The number of likely N-dealkylation sites (N-methyl/N-ethyl adjacent to an activating group) is 1. The van der Waals surface area contributed by atoms with Gasteiger partial charge in [-0.3, -0.25) is 0 Å². The van der Waals surface area contributed by atoms with Crippen molar-refractivity contribution in [1.82, 2.24) is 15.5 Å². The van der Waals surface area contributed by atoms with Gasteiger partial charge < -0.3 is 15.5 Å². The standard InChI is InChI=1S/C16H27FN4.HI/c1-5-18-16(19-9-10-21(4)6-2)20-12-14-7-8-15(17)13(3)11-14;/h7-8,11H,5-6,9-10,12H2,1-4H3,(H2,18,19,20);1H. The predicted molar refractivity (Wildman–Crippen MR) is 103 cm³/mol. The number of hydrogen-bond donors (Lipinski definition) is 2. The maximum Gasteiger partial charge on any atom is 0.191 e. The summed E-state index contributed by atoms with van der Waals surface area (Å²) in [5.41, 5.74) is 1.67. The summed E-state index contributed by atoms with van der Waals surface area (Å²) in [7, 11) is 2.09. The molecule has 0 aliphatic heterocycles. The second-order valence-electron chi connectivity index (χ2n) is 5.10. The van der Waals surface area contributed by atoms with E-state index >= 15 is 0 Å². The van der Waals surface area contributed by atoms with Crippen LogP contribution in [-0.2, 0) is 6.54 Å². The van der Waals surface area contributed by atoms with Gasteiger partial charge in [0.25, 0.3) is 0 Å². The van der Waals surface area contributed by atoms with Gasteiger partial charge in [0.05, 0.1) is 6.54 Å². The molecule has 0 atom stereocenters. The highest BCUT2D eigenvalue weighted by molar-refractivity contribution is 14.0. The molecule has 0 heterocycles. The smallest absolute Gasteiger partial charge is 0.191 e. The van der Waals surface area contributed by atoms with Crippen molar-refractivity contribution in [3.8, 4) is 0 Å². The third kappa shape index (κ3) is 7.93. The lowest BCUT2D eigenvalue weighted by atomic mass is 10.1. The van der Waals surface area contributed by atoms with Gasteiger partial charge in [-0.15, -0.1) is 24.0 Å². The lowest BCUT2D eigenvalue weighted by Crippen LogP contribution is -2.40. The molecule has 1 aromatic rings. The monoisotopic (exact) mass is 422 g/mol. The summed E-state index contributed by atoms with van der Waals surface area (Å²) in [6, 6.07) is 5.12. The quantitative estimate of drug-likeness (QED) is 0.404. The van der Waals surface area contributed by atoms with Crippen molar-refractivity contribution < 1.29 is 4.39 Å². The largest absolute Gasteiger partial charge is 0.357 e. The van der Waals surface area contributed by atoms with Crippen LogP contribution in [0.3, 0.4) is 0 Å². The Kier molecular flexibility index (Phi) is 11.2. The van der Waals surface area contributed by atoms with E-state index in [-0.39, 0.29) is 29.8 Å². The van der Waals surface area contributed by atoms with Crippen LogP contribution in [0, 0.1) is 12.7 Å². The van der Waals surface area contributed by atoms with Gasteiger partial charge in [-0.25, -0.2) is 9.38 Å². The number of benzene rings is 1. The number of aryl methyl sites for hydroxylation is 1. The molecule has 1 aromatic carbocycles. The van der Waals surface area contributed by atoms with E-state index < -0.39 is 0 Å². The van der Waals surface area contributed by atoms with Crippen molar-refractivity contribution in [1.29, 1.82) is 0 Å². The van der Waals surface area contributed by atoms with Gasteiger partial charge in [0, 0.05) is 19.6 Å². The summed E-state index contributed by atoms with van der Waals surface area (Å²) in [6.45, 7) is 10.2.